The Morgan fingerprint density at radius 3 is 2.57 bits per heavy atom. The summed E-state index contributed by atoms with van der Waals surface area (Å²) < 4.78 is 6.63. The third-order valence-electron chi connectivity index (χ3n) is 5.97. The van der Waals surface area contributed by atoms with E-state index in [1.54, 1.807) is 41.5 Å². The van der Waals surface area contributed by atoms with Crippen LogP contribution in [0.2, 0.25) is 0 Å². The van der Waals surface area contributed by atoms with Crippen molar-refractivity contribution in [3.63, 3.8) is 0 Å². The van der Waals surface area contributed by atoms with Gasteiger partial charge in [-0.1, -0.05) is 24.3 Å². The van der Waals surface area contributed by atoms with Gasteiger partial charge in [0, 0.05) is 35.9 Å². The highest BCUT2D eigenvalue weighted by Crippen LogP contribution is 2.27. The lowest BCUT2D eigenvalue weighted by atomic mass is 9.99. The van der Waals surface area contributed by atoms with Crippen LogP contribution in [0.3, 0.4) is 0 Å². The van der Waals surface area contributed by atoms with Crippen molar-refractivity contribution in [2.24, 2.45) is 0 Å². The number of ether oxygens (including phenoxy) is 1. The molecule has 0 unspecified atom stereocenters. The summed E-state index contributed by atoms with van der Waals surface area (Å²) in [4.78, 5) is 52.4. The Bertz CT molecular complexity index is 1310. The van der Waals surface area contributed by atoms with E-state index in [1.165, 1.54) is 11.8 Å². The monoisotopic (exact) mass is 495 g/mol. The Morgan fingerprint density at radius 1 is 1.11 bits per heavy atom. The van der Waals surface area contributed by atoms with E-state index < -0.39 is 28.9 Å². The molecule has 1 aliphatic heterocycles. The van der Waals surface area contributed by atoms with Crippen molar-refractivity contribution in [2.75, 3.05) is 18.5 Å². The quantitative estimate of drug-likeness (QED) is 0.234. The summed E-state index contributed by atoms with van der Waals surface area (Å²) in [5.74, 6) is -2.15. The number of amides is 2. The van der Waals surface area contributed by atoms with E-state index in [0.29, 0.717) is 36.1 Å². The van der Waals surface area contributed by atoms with Crippen molar-refractivity contribution < 1.29 is 23.9 Å². The molecule has 182 valence electrons. The van der Waals surface area contributed by atoms with Crippen LogP contribution in [0.4, 0.5) is 5.69 Å². The Hall–Kier alpha value is -3.65. The Labute approximate surface area is 207 Å². The number of nitrogens with one attached hydrogen (secondary N) is 1. The normalized spacial score (nSPS) is 13.7. The second kappa shape index (κ2) is 10.3. The number of anilines is 1. The zero-order valence-corrected chi connectivity index (χ0v) is 20.3. The molecule has 0 saturated heterocycles. The number of ketones is 1. The zero-order valence-electron chi connectivity index (χ0n) is 19.5. The maximum absolute atomic E-state index is 13.4. The third kappa shape index (κ3) is 5.22. The molecular weight excluding hydrogens is 470 g/mol. The number of nitrogens with zero attached hydrogens (tertiary/aromatic N) is 2. The smallest absolute Gasteiger partial charge is 0.325 e. The first-order valence-electron chi connectivity index (χ1n) is 11.4. The second-order valence-electron chi connectivity index (χ2n) is 8.39. The van der Waals surface area contributed by atoms with Crippen LogP contribution in [0.5, 0.6) is 0 Å². The number of carbonyl (C=O) groups is 4. The first-order chi connectivity index (χ1) is 16.8. The summed E-state index contributed by atoms with van der Waals surface area (Å²) in [7, 11) is 0. The van der Waals surface area contributed by atoms with Gasteiger partial charge in [0.25, 0.3) is 11.7 Å². The second-order valence-corrected chi connectivity index (χ2v) is 9.04. The molecule has 1 aliphatic rings. The number of benzene rings is 2. The predicted octanol–water partition coefficient (Wildman–Crippen LogP) is 3.54. The molecule has 1 atom stereocenters. The van der Waals surface area contributed by atoms with Crippen LogP contribution in [0, 0.1) is 0 Å². The van der Waals surface area contributed by atoms with Crippen molar-refractivity contribution in [3.05, 3.63) is 65.4 Å². The molecule has 0 bridgehead atoms. The van der Waals surface area contributed by atoms with Crippen LogP contribution in [0.25, 0.3) is 10.9 Å². The summed E-state index contributed by atoms with van der Waals surface area (Å²) in [5.41, 5.74) is 3.34. The maximum atomic E-state index is 13.4. The Kier molecular flexibility index (Phi) is 7.21. The number of Topliss-reactive ketones (excluding diaryl/α,β-unsaturated/α-hetero) is 1. The van der Waals surface area contributed by atoms with Crippen molar-refractivity contribution in [1.29, 1.82) is 0 Å². The first-order valence-corrected chi connectivity index (χ1v) is 11.9. The molecule has 0 fully saturated rings. The van der Waals surface area contributed by atoms with E-state index in [4.69, 9.17) is 16.3 Å². The lowest BCUT2D eigenvalue weighted by Crippen LogP contribution is -2.40. The summed E-state index contributed by atoms with van der Waals surface area (Å²) in [6.07, 6.45) is 2.17. The van der Waals surface area contributed by atoms with Crippen LogP contribution in [0.15, 0.2) is 48.7 Å². The minimum Gasteiger partial charge on any atom is -0.465 e. The van der Waals surface area contributed by atoms with E-state index in [2.05, 4.69) is 5.32 Å². The molecule has 0 radical (unpaired) electrons. The van der Waals surface area contributed by atoms with Gasteiger partial charge in [-0.2, -0.15) is 0 Å². The van der Waals surface area contributed by atoms with Crippen LogP contribution < -0.4 is 5.32 Å². The highest BCUT2D eigenvalue weighted by Gasteiger charge is 2.29. The van der Waals surface area contributed by atoms with Gasteiger partial charge in [-0.3, -0.25) is 19.2 Å². The number of halogens is 1. The van der Waals surface area contributed by atoms with Crippen molar-refractivity contribution in [1.82, 2.24) is 9.47 Å². The molecule has 1 aromatic heterocycles. The number of aromatic nitrogens is 1. The molecule has 3 aromatic rings. The molecule has 9 heteroatoms. The molecule has 1 N–H and O–H groups in total. The van der Waals surface area contributed by atoms with Crippen LogP contribution in [0.1, 0.15) is 35.3 Å². The number of fused-ring (bicyclic) bond motifs is 2. The fraction of sp³-hybridized carbons (Fsp3) is 0.308. The highest BCUT2D eigenvalue weighted by atomic mass is 35.5. The molecule has 0 saturated carbocycles. The van der Waals surface area contributed by atoms with Crippen molar-refractivity contribution in [3.8, 4) is 0 Å². The number of hydrogen-bond acceptors (Lipinski definition) is 5. The Balaban J connectivity index is 1.68. The van der Waals surface area contributed by atoms with Gasteiger partial charge in [0.05, 0.1) is 12.2 Å². The van der Waals surface area contributed by atoms with Crippen LogP contribution >= 0.6 is 11.6 Å². The lowest BCUT2D eigenvalue weighted by Gasteiger charge is -2.28. The van der Waals surface area contributed by atoms with Gasteiger partial charge >= 0.3 is 5.97 Å². The average Bonchev–Trinajstić information content (AvgIpc) is 3.20. The van der Waals surface area contributed by atoms with Gasteiger partial charge in [0.2, 0.25) is 5.91 Å². The van der Waals surface area contributed by atoms with Gasteiger partial charge in [-0.05, 0) is 49.6 Å². The van der Waals surface area contributed by atoms with Crippen molar-refractivity contribution >= 4 is 51.8 Å². The molecule has 2 aromatic carbocycles. The number of hydrogen-bond donors (Lipinski definition) is 1. The number of carbonyl (C=O) groups excluding carboxylic acids is 4. The summed E-state index contributed by atoms with van der Waals surface area (Å²) in [6, 6.07) is 12.8. The topological polar surface area (TPSA) is 97.7 Å². The van der Waals surface area contributed by atoms with E-state index >= 15 is 0 Å². The minimum atomic E-state index is -0.747. The van der Waals surface area contributed by atoms with Gasteiger partial charge in [0.1, 0.15) is 11.9 Å². The fourth-order valence-corrected chi connectivity index (χ4v) is 4.26. The average molecular weight is 496 g/mol. The molecule has 8 nitrogen and oxygen atoms in total. The molecule has 4 rings (SSSR count). The molecule has 0 spiro atoms. The number of rotatable bonds is 7. The summed E-state index contributed by atoms with van der Waals surface area (Å²) >= 11 is 5.86. The number of alkyl halides is 1. The standard InChI is InChI=1S/C26H26ClN3O5/c1-3-35-23(31)15-30-14-21(20-12-19(8-9-22(20)30)28-25(33)16(2)27)24(32)26(34)29-11-10-17-6-4-5-7-18(17)13-29/h4-9,12,14,16H,3,10-11,13,15H2,1-2H3,(H,28,33)/t16-/m0/s1. The molecule has 0 aliphatic carbocycles. The van der Waals surface area contributed by atoms with E-state index in [-0.39, 0.29) is 18.7 Å². The molecule has 2 amide bonds. The summed E-state index contributed by atoms with van der Waals surface area (Å²) in [6.45, 7) is 4.17. The maximum Gasteiger partial charge on any atom is 0.325 e. The highest BCUT2D eigenvalue weighted by molar-refractivity contribution is 6.45. The van der Waals surface area contributed by atoms with Gasteiger partial charge < -0.3 is 19.5 Å². The largest absolute Gasteiger partial charge is 0.465 e. The van der Waals surface area contributed by atoms with E-state index in [0.717, 1.165) is 5.56 Å². The van der Waals surface area contributed by atoms with Gasteiger partial charge in [-0.25, -0.2) is 0 Å². The Morgan fingerprint density at radius 2 is 1.86 bits per heavy atom. The van der Waals surface area contributed by atoms with E-state index in [1.807, 2.05) is 24.3 Å². The zero-order chi connectivity index (χ0) is 25.1. The van der Waals surface area contributed by atoms with E-state index in [9.17, 15) is 19.2 Å². The summed E-state index contributed by atoms with van der Waals surface area (Å²) in [5, 5.41) is 2.40. The van der Waals surface area contributed by atoms with Crippen LogP contribution in [-0.2, 0) is 38.6 Å². The van der Waals surface area contributed by atoms with Gasteiger partial charge in [0.15, 0.2) is 0 Å². The van der Waals surface area contributed by atoms with Gasteiger partial charge in [-0.15, -0.1) is 11.6 Å². The SMILES string of the molecule is CCOC(=O)Cn1cc(C(=O)C(=O)N2CCc3ccccc3C2)c2cc(NC(=O)[C@H](C)Cl)ccc21. The fourth-order valence-electron chi connectivity index (χ4n) is 4.20. The lowest BCUT2D eigenvalue weighted by molar-refractivity contribution is -0.143. The van der Waals surface area contributed by atoms with Crippen LogP contribution in [-0.4, -0.2) is 51.6 Å². The molecule has 2 heterocycles. The first kappa shape index (κ1) is 24.5. The molecular formula is C26H26ClN3O5. The van der Waals surface area contributed by atoms with Crippen molar-refractivity contribution in [2.45, 2.75) is 38.7 Å². The minimum absolute atomic E-state index is 0.118. The number of esters is 1. The third-order valence-corrected chi connectivity index (χ3v) is 6.17. The molecule has 35 heavy (non-hydrogen) atoms. The predicted molar refractivity (Wildman–Crippen MR) is 132 cm³/mol.